The number of nitro benzene ring substituents is 1. The molecule has 0 aliphatic heterocycles. The third-order valence-corrected chi connectivity index (χ3v) is 5.30. The van der Waals surface area contributed by atoms with Crippen LogP contribution in [0, 0.1) is 17.0 Å². The highest BCUT2D eigenvalue weighted by atomic mass is 32.2. The van der Waals surface area contributed by atoms with Gasteiger partial charge in [-0.3, -0.25) is 14.9 Å². The van der Waals surface area contributed by atoms with Crippen molar-refractivity contribution in [3.05, 3.63) is 76.4 Å². The van der Waals surface area contributed by atoms with Crippen molar-refractivity contribution in [2.24, 2.45) is 0 Å². The van der Waals surface area contributed by atoms with Crippen molar-refractivity contribution in [3.8, 4) is 0 Å². The van der Waals surface area contributed by atoms with Gasteiger partial charge in [0.2, 0.25) is 10.0 Å². The van der Waals surface area contributed by atoms with Crippen LogP contribution in [-0.2, 0) is 19.6 Å². The molecule has 158 valence electrons. The molecule has 0 unspecified atom stereocenters. The number of benzene rings is 2. The third-order valence-electron chi connectivity index (χ3n) is 3.86. The number of esters is 1. The zero-order chi connectivity index (χ0) is 22.3. The lowest BCUT2D eigenvalue weighted by Gasteiger charge is -2.09. The van der Waals surface area contributed by atoms with Crippen molar-refractivity contribution in [2.75, 3.05) is 18.5 Å². The Hall–Kier alpha value is -3.57. The van der Waals surface area contributed by atoms with E-state index in [-0.39, 0.29) is 28.4 Å². The summed E-state index contributed by atoms with van der Waals surface area (Å²) in [5, 5.41) is 13.3. The Morgan fingerprint density at radius 2 is 1.87 bits per heavy atom. The summed E-state index contributed by atoms with van der Waals surface area (Å²) in [5.41, 5.74) is 0.691. The number of amides is 1. The fourth-order valence-electron chi connectivity index (χ4n) is 2.28. The summed E-state index contributed by atoms with van der Waals surface area (Å²) in [6.45, 7) is 4.52. The first-order chi connectivity index (χ1) is 14.1. The van der Waals surface area contributed by atoms with Gasteiger partial charge < -0.3 is 10.1 Å². The minimum absolute atomic E-state index is 0.0419. The van der Waals surface area contributed by atoms with E-state index in [1.54, 1.807) is 6.92 Å². The molecule has 0 bridgehead atoms. The second-order valence-corrected chi connectivity index (χ2v) is 7.81. The van der Waals surface area contributed by atoms with Gasteiger partial charge in [-0.2, -0.15) is 0 Å². The van der Waals surface area contributed by atoms with E-state index in [0.29, 0.717) is 5.56 Å². The molecule has 0 spiro atoms. The molecule has 11 heteroatoms. The first-order valence-electron chi connectivity index (χ1n) is 8.56. The number of hydrogen-bond acceptors (Lipinski definition) is 7. The Morgan fingerprint density at radius 3 is 2.47 bits per heavy atom. The van der Waals surface area contributed by atoms with Crippen LogP contribution >= 0.6 is 0 Å². The van der Waals surface area contributed by atoms with Crippen molar-refractivity contribution in [2.45, 2.75) is 11.8 Å². The highest BCUT2D eigenvalue weighted by molar-refractivity contribution is 7.89. The number of nitrogens with one attached hydrogen (secondary N) is 2. The molecule has 0 aromatic heterocycles. The second kappa shape index (κ2) is 9.76. The quantitative estimate of drug-likeness (QED) is 0.267. The van der Waals surface area contributed by atoms with Gasteiger partial charge in [-0.1, -0.05) is 12.1 Å². The van der Waals surface area contributed by atoms with E-state index in [0.717, 1.165) is 0 Å². The van der Waals surface area contributed by atoms with Crippen LogP contribution in [0.1, 0.15) is 15.9 Å². The van der Waals surface area contributed by atoms with Gasteiger partial charge in [0.05, 0.1) is 21.1 Å². The molecule has 0 fully saturated rings. The summed E-state index contributed by atoms with van der Waals surface area (Å²) >= 11 is 0. The number of aryl methyl sites for hydroxylation is 1. The molecule has 0 saturated carbocycles. The van der Waals surface area contributed by atoms with Crippen LogP contribution in [0.3, 0.4) is 0 Å². The van der Waals surface area contributed by atoms with E-state index in [1.807, 2.05) is 0 Å². The van der Waals surface area contributed by atoms with Crippen LogP contribution in [0.5, 0.6) is 0 Å². The summed E-state index contributed by atoms with van der Waals surface area (Å²) in [4.78, 5) is 34.3. The van der Waals surface area contributed by atoms with Gasteiger partial charge in [-0.05, 0) is 36.8 Å². The van der Waals surface area contributed by atoms with E-state index in [4.69, 9.17) is 4.74 Å². The Bertz CT molecular complexity index is 1080. The predicted molar refractivity (Wildman–Crippen MR) is 109 cm³/mol. The SMILES string of the molecule is C=CCNS(=O)(=O)c1ccc(C(=O)OCC(=O)Nc2cc([N+](=O)[O-])ccc2C)cc1. The highest BCUT2D eigenvalue weighted by Gasteiger charge is 2.16. The molecule has 2 rings (SSSR count). The second-order valence-electron chi connectivity index (χ2n) is 6.05. The molecule has 0 radical (unpaired) electrons. The van der Waals surface area contributed by atoms with Crippen molar-refractivity contribution in [3.63, 3.8) is 0 Å². The topological polar surface area (TPSA) is 145 Å². The van der Waals surface area contributed by atoms with E-state index >= 15 is 0 Å². The van der Waals surface area contributed by atoms with Crippen LogP contribution in [0.2, 0.25) is 0 Å². The monoisotopic (exact) mass is 433 g/mol. The van der Waals surface area contributed by atoms with Gasteiger partial charge >= 0.3 is 5.97 Å². The number of carbonyl (C=O) groups excluding carboxylic acids is 2. The summed E-state index contributed by atoms with van der Waals surface area (Å²) in [6.07, 6.45) is 1.39. The fourth-order valence-corrected chi connectivity index (χ4v) is 3.28. The molecule has 30 heavy (non-hydrogen) atoms. The highest BCUT2D eigenvalue weighted by Crippen LogP contribution is 2.21. The van der Waals surface area contributed by atoms with E-state index < -0.39 is 33.4 Å². The molecule has 2 N–H and O–H groups in total. The maximum absolute atomic E-state index is 12.1. The molecule has 1 amide bonds. The Labute approximate surface area is 172 Å². The van der Waals surface area contributed by atoms with Gasteiger partial charge in [0.15, 0.2) is 6.61 Å². The average Bonchev–Trinajstić information content (AvgIpc) is 2.72. The number of rotatable bonds is 9. The lowest BCUT2D eigenvalue weighted by atomic mass is 10.2. The smallest absolute Gasteiger partial charge is 0.338 e. The molecule has 0 saturated heterocycles. The zero-order valence-electron chi connectivity index (χ0n) is 16.0. The Kier molecular flexibility index (Phi) is 7.39. The Balaban J connectivity index is 1.97. The molecule has 2 aromatic carbocycles. The number of nitrogens with zero attached hydrogens (tertiary/aromatic N) is 1. The van der Waals surface area contributed by atoms with Gasteiger partial charge in [-0.25, -0.2) is 17.9 Å². The van der Waals surface area contributed by atoms with E-state index in [1.165, 1.54) is 48.5 Å². The number of ether oxygens (including phenoxy) is 1. The third kappa shape index (κ3) is 5.96. The fraction of sp³-hybridized carbons (Fsp3) is 0.158. The lowest BCUT2D eigenvalue weighted by Crippen LogP contribution is -2.24. The van der Waals surface area contributed by atoms with Gasteiger partial charge in [-0.15, -0.1) is 6.58 Å². The van der Waals surface area contributed by atoms with Crippen LogP contribution < -0.4 is 10.0 Å². The maximum atomic E-state index is 12.1. The molecule has 2 aromatic rings. The number of anilines is 1. The standard InChI is InChI=1S/C19H19N3O7S/c1-3-10-20-30(27,28)16-8-5-14(6-9-16)19(24)29-12-18(23)21-17-11-15(22(25)26)7-4-13(17)2/h3-9,11,20H,1,10,12H2,2H3,(H,21,23). The van der Waals surface area contributed by atoms with E-state index in [2.05, 4.69) is 16.6 Å². The predicted octanol–water partition coefficient (Wildman–Crippen LogP) is 2.16. The first-order valence-corrected chi connectivity index (χ1v) is 10.0. The van der Waals surface area contributed by atoms with Gasteiger partial charge in [0, 0.05) is 18.7 Å². The molecular formula is C19H19N3O7S. The van der Waals surface area contributed by atoms with Crippen molar-refractivity contribution >= 4 is 33.3 Å². The van der Waals surface area contributed by atoms with Gasteiger partial charge in [0.25, 0.3) is 11.6 Å². The molecule has 0 heterocycles. The minimum atomic E-state index is -3.72. The number of carbonyl (C=O) groups is 2. The lowest BCUT2D eigenvalue weighted by molar-refractivity contribution is -0.384. The minimum Gasteiger partial charge on any atom is -0.452 e. The van der Waals surface area contributed by atoms with Crippen LogP contribution in [0.15, 0.2) is 60.0 Å². The van der Waals surface area contributed by atoms with Crippen molar-refractivity contribution < 1.29 is 27.7 Å². The van der Waals surface area contributed by atoms with Crippen LogP contribution in [-0.4, -0.2) is 38.4 Å². The van der Waals surface area contributed by atoms with Crippen LogP contribution in [0.4, 0.5) is 11.4 Å². The molecule has 0 aliphatic carbocycles. The number of hydrogen-bond donors (Lipinski definition) is 2. The van der Waals surface area contributed by atoms with Crippen molar-refractivity contribution in [1.82, 2.24) is 4.72 Å². The Morgan fingerprint density at radius 1 is 1.20 bits per heavy atom. The van der Waals surface area contributed by atoms with Crippen molar-refractivity contribution in [1.29, 1.82) is 0 Å². The summed E-state index contributed by atoms with van der Waals surface area (Å²) in [5.74, 6) is -1.51. The maximum Gasteiger partial charge on any atom is 0.338 e. The molecule has 10 nitrogen and oxygen atoms in total. The number of nitro groups is 1. The average molecular weight is 433 g/mol. The summed E-state index contributed by atoms with van der Waals surface area (Å²) < 4.78 is 31.2. The summed E-state index contributed by atoms with van der Waals surface area (Å²) in [6, 6.07) is 8.97. The molecule has 0 atom stereocenters. The van der Waals surface area contributed by atoms with E-state index in [9.17, 15) is 28.1 Å². The summed E-state index contributed by atoms with van der Waals surface area (Å²) in [7, 11) is -3.72. The normalized spacial score (nSPS) is 10.8. The number of sulfonamides is 1. The van der Waals surface area contributed by atoms with Gasteiger partial charge in [0.1, 0.15) is 0 Å². The van der Waals surface area contributed by atoms with Crippen LogP contribution in [0.25, 0.3) is 0 Å². The molecular weight excluding hydrogens is 414 g/mol. The largest absolute Gasteiger partial charge is 0.452 e. The zero-order valence-corrected chi connectivity index (χ0v) is 16.8. The first kappa shape index (κ1) is 22.7. The number of non-ortho nitro benzene ring substituents is 1. The molecule has 0 aliphatic rings.